The lowest BCUT2D eigenvalue weighted by Gasteiger charge is -2.13. The SMILES string of the molecule is CCOc1ccc(C(=O)Oc2c(Sc3ccc(Cl)cc3)c(C)nn2-c2ccccc2)cc1OCC. The van der Waals surface area contributed by atoms with Gasteiger partial charge in [-0.05, 0) is 75.4 Å². The third kappa shape index (κ3) is 5.81. The highest BCUT2D eigenvalue weighted by Gasteiger charge is 2.23. The van der Waals surface area contributed by atoms with E-state index in [2.05, 4.69) is 5.10 Å². The van der Waals surface area contributed by atoms with Crippen LogP contribution in [0.15, 0.2) is 82.6 Å². The monoisotopic (exact) mass is 508 g/mol. The van der Waals surface area contributed by atoms with E-state index >= 15 is 0 Å². The first-order valence-corrected chi connectivity index (χ1v) is 12.4. The van der Waals surface area contributed by atoms with Gasteiger partial charge in [-0.25, -0.2) is 4.79 Å². The molecule has 0 aliphatic heterocycles. The van der Waals surface area contributed by atoms with Crippen LogP contribution in [0.1, 0.15) is 29.9 Å². The molecule has 0 saturated heterocycles. The van der Waals surface area contributed by atoms with E-state index in [-0.39, 0.29) is 0 Å². The smallest absolute Gasteiger partial charge is 0.345 e. The molecular formula is C27H25ClN2O4S. The van der Waals surface area contributed by atoms with Crippen molar-refractivity contribution in [3.05, 3.63) is 89.1 Å². The van der Waals surface area contributed by atoms with Gasteiger partial charge in [-0.1, -0.05) is 41.6 Å². The second kappa shape index (κ2) is 11.3. The van der Waals surface area contributed by atoms with Gasteiger partial charge in [-0.3, -0.25) is 0 Å². The number of esters is 1. The lowest BCUT2D eigenvalue weighted by Crippen LogP contribution is -2.13. The fourth-order valence-corrected chi connectivity index (χ4v) is 4.43. The molecule has 0 aliphatic carbocycles. The average molecular weight is 509 g/mol. The molecule has 0 N–H and O–H groups in total. The molecule has 6 nitrogen and oxygen atoms in total. The highest BCUT2D eigenvalue weighted by molar-refractivity contribution is 7.99. The summed E-state index contributed by atoms with van der Waals surface area (Å²) in [5, 5.41) is 5.33. The average Bonchev–Trinajstić information content (AvgIpc) is 3.17. The molecular weight excluding hydrogens is 484 g/mol. The Bertz CT molecular complexity index is 1310. The summed E-state index contributed by atoms with van der Waals surface area (Å²) in [5.41, 5.74) is 1.86. The predicted molar refractivity (Wildman–Crippen MR) is 138 cm³/mol. The molecule has 1 aromatic heterocycles. The molecule has 4 rings (SSSR count). The molecule has 0 unspecified atom stereocenters. The minimum absolute atomic E-state index is 0.338. The van der Waals surface area contributed by atoms with Gasteiger partial charge in [0.15, 0.2) is 11.5 Å². The van der Waals surface area contributed by atoms with E-state index in [0.717, 1.165) is 21.2 Å². The van der Waals surface area contributed by atoms with Crippen molar-refractivity contribution in [3.63, 3.8) is 0 Å². The Labute approximate surface area is 213 Å². The van der Waals surface area contributed by atoms with E-state index in [1.165, 1.54) is 11.8 Å². The van der Waals surface area contributed by atoms with Crippen LogP contribution in [-0.4, -0.2) is 29.0 Å². The zero-order chi connectivity index (χ0) is 24.8. The topological polar surface area (TPSA) is 62.6 Å². The van der Waals surface area contributed by atoms with Gasteiger partial charge in [0.05, 0.1) is 35.1 Å². The predicted octanol–water partition coefficient (Wildman–Crippen LogP) is 7.00. The molecule has 0 fully saturated rings. The van der Waals surface area contributed by atoms with Gasteiger partial charge in [0.2, 0.25) is 5.88 Å². The number of hydrogen-bond acceptors (Lipinski definition) is 6. The Morgan fingerprint density at radius 2 is 1.63 bits per heavy atom. The van der Waals surface area contributed by atoms with Crippen molar-refractivity contribution >= 4 is 29.3 Å². The quantitative estimate of drug-likeness (QED) is 0.227. The van der Waals surface area contributed by atoms with Crippen LogP contribution >= 0.6 is 23.4 Å². The second-order valence-corrected chi connectivity index (χ2v) is 8.96. The molecule has 35 heavy (non-hydrogen) atoms. The van der Waals surface area contributed by atoms with Gasteiger partial charge in [0.25, 0.3) is 0 Å². The first kappa shape index (κ1) is 24.7. The largest absolute Gasteiger partial charge is 0.490 e. The van der Waals surface area contributed by atoms with Crippen LogP contribution in [0.4, 0.5) is 0 Å². The van der Waals surface area contributed by atoms with Crippen molar-refractivity contribution in [2.75, 3.05) is 13.2 Å². The number of halogens is 1. The summed E-state index contributed by atoms with van der Waals surface area (Å²) in [6, 6.07) is 22.0. The Kier molecular flexibility index (Phi) is 8.00. The summed E-state index contributed by atoms with van der Waals surface area (Å²) in [5.74, 6) is 0.886. The summed E-state index contributed by atoms with van der Waals surface area (Å²) in [6.07, 6.45) is 0. The van der Waals surface area contributed by atoms with Crippen LogP contribution in [-0.2, 0) is 0 Å². The number of para-hydroxylation sites is 1. The zero-order valence-corrected chi connectivity index (χ0v) is 21.2. The van der Waals surface area contributed by atoms with Crippen LogP contribution in [0.5, 0.6) is 17.4 Å². The van der Waals surface area contributed by atoms with Crippen LogP contribution in [0, 0.1) is 6.92 Å². The van der Waals surface area contributed by atoms with E-state index in [0.29, 0.717) is 41.2 Å². The van der Waals surface area contributed by atoms with Crippen LogP contribution < -0.4 is 14.2 Å². The lowest BCUT2D eigenvalue weighted by atomic mass is 10.2. The number of hydrogen-bond donors (Lipinski definition) is 0. The fourth-order valence-electron chi connectivity index (χ4n) is 3.39. The Hall–Kier alpha value is -3.42. The molecule has 0 saturated carbocycles. The first-order chi connectivity index (χ1) is 17.0. The van der Waals surface area contributed by atoms with Gasteiger partial charge in [-0.15, -0.1) is 0 Å². The number of nitrogens with zero attached hydrogens (tertiary/aromatic N) is 2. The zero-order valence-electron chi connectivity index (χ0n) is 19.7. The van der Waals surface area contributed by atoms with Crippen molar-refractivity contribution < 1.29 is 19.0 Å². The number of aryl methyl sites for hydroxylation is 1. The molecule has 0 amide bonds. The molecule has 0 aliphatic rings. The minimum Gasteiger partial charge on any atom is -0.490 e. The summed E-state index contributed by atoms with van der Waals surface area (Å²) in [7, 11) is 0. The maximum Gasteiger partial charge on any atom is 0.345 e. The number of carbonyl (C=O) groups is 1. The molecule has 3 aromatic carbocycles. The van der Waals surface area contributed by atoms with Gasteiger partial charge in [-0.2, -0.15) is 9.78 Å². The van der Waals surface area contributed by atoms with Gasteiger partial charge >= 0.3 is 5.97 Å². The van der Waals surface area contributed by atoms with Crippen molar-refractivity contribution in [1.29, 1.82) is 0 Å². The normalized spacial score (nSPS) is 10.7. The van der Waals surface area contributed by atoms with E-state index in [4.69, 9.17) is 25.8 Å². The fraction of sp³-hybridized carbons (Fsp3) is 0.185. The van der Waals surface area contributed by atoms with Crippen molar-refractivity contribution in [2.45, 2.75) is 30.6 Å². The van der Waals surface area contributed by atoms with Gasteiger partial charge in [0.1, 0.15) is 0 Å². The maximum absolute atomic E-state index is 13.3. The van der Waals surface area contributed by atoms with Crippen LogP contribution in [0.3, 0.4) is 0 Å². The summed E-state index contributed by atoms with van der Waals surface area (Å²) in [6.45, 7) is 6.59. The molecule has 0 spiro atoms. The van der Waals surface area contributed by atoms with E-state index in [9.17, 15) is 4.79 Å². The van der Waals surface area contributed by atoms with Crippen molar-refractivity contribution in [2.24, 2.45) is 0 Å². The molecule has 4 aromatic rings. The molecule has 0 bridgehead atoms. The summed E-state index contributed by atoms with van der Waals surface area (Å²) >= 11 is 7.51. The van der Waals surface area contributed by atoms with Crippen LogP contribution in [0.25, 0.3) is 5.69 Å². The Morgan fingerprint density at radius 1 is 0.943 bits per heavy atom. The first-order valence-electron chi connectivity index (χ1n) is 11.2. The van der Waals surface area contributed by atoms with Crippen LogP contribution in [0.2, 0.25) is 5.02 Å². The summed E-state index contributed by atoms with van der Waals surface area (Å²) < 4.78 is 18.9. The highest BCUT2D eigenvalue weighted by atomic mass is 35.5. The molecule has 0 radical (unpaired) electrons. The number of aromatic nitrogens is 2. The van der Waals surface area contributed by atoms with E-state index < -0.39 is 5.97 Å². The molecule has 0 atom stereocenters. The molecule has 1 heterocycles. The second-order valence-electron chi connectivity index (χ2n) is 7.44. The maximum atomic E-state index is 13.3. The number of ether oxygens (including phenoxy) is 3. The van der Waals surface area contributed by atoms with E-state index in [1.807, 2.05) is 75.4 Å². The summed E-state index contributed by atoms with van der Waals surface area (Å²) in [4.78, 5) is 15.0. The lowest BCUT2D eigenvalue weighted by molar-refractivity contribution is 0.0718. The van der Waals surface area contributed by atoms with Crippen molar-refractivity contribution in [3.8, 4) is 23.1 Å². The molecule has 8 heteroatoms. The number of carbonyl (C=O) groups excluding carboxylic acids is 1. The van der Waals surface area contributed by atoms with Gasteiger partial charge < -0.3 is 14.2 Å². The number of rotatable bonds is 9. The Morgan fingerprint density at radius 3 is 2.31 bits per heavy atom. The van der Waals surface area contributed by atoms with Gasteiger partial charge in [0, 0.05) is 9.92 Å². The third-order valence-corrected chi connectivity index (χ3v) is 6.40. The number of benzene rings is 3. The highest BCUT2D eigenvalue weighted by Crippen LogP contribution is 2.40. The van der Waals surface area contributed by atoms with Crippen molar-refractivity contribution in [1.82, 2.24) is 9.78 Å². The standard InChI is InChI=1S/C27H25ClN2O4S/c1-4-32-23-16-11-19(17-24(23)33-5-2)27(31)34-26-25(35-22-14-12-20(28)13-15-22)18(3)29-30(26)21-9-7-6-8-10-21/h6-17H,4-5H2,1-3H3. The Balaban J connectivity index is 1.72. The molecule has 180 valence electrons. The third-order valence-electron chi connectivity index (χ3n) is 4.97. The minimum atomic E-state index is -0.524. The van der Waals surface area contributed by atoms with E-state index in [1.54, 1.807) is 22.9 Å².